The Hall–Kier alpha value is -1.09. The van der Waals surface area contributed by atoms with Crippen molar-refractivity contribution in [2.75, 3.05) is 12.5 Å². The van der Waals surface area contributed by atoms with Crippen LogP contribution in [0.4, 0.5) is 8.78 Å². The van der Waals surface area contributed by atoms with Gasteiger partial charge in [-0.3, -0.25) is 0 Å². The second-order valence-electron chi connectivity index (χ2n) is 2.75. The molecule has 0 saturated carbocycles. The zero-order valence-corrected chi connectivity index (χ0v) is 8.15. The standard InChI is InChI=1S/C10H9ClF2O/c1-7(5-11)6-14-10-4-8(12)2-3-9(10)13/h2-4H,1,5-6H2. The molecule has 1 aromatic rings. The van der Waals surface area contributed by atoms with Gasteiger partial charge in [0, 0.05) is 11.9 Å². The van der Waals surface area contributed by atoms with Crippen LogP contribution in [-0.2, 0) is 0 Å². The molecule has 0 spiro atoms. The summed E-state index contributed by atoms with van der Waals surface area (Å²) in [5.41, 5.74) is 0.607. The summed E-state index contributed by atoms with van der Waals surface area (Å²) < 4.78 is 30.6. The van der Waals surface area contributed by atoms with Crippen LogP contribution in [0.1, 0.15) is 0 Å². The smallest absolute Gasteiger partial charge is 0.165 e. The molecule has 0 aliphatic carbocycles. The Morgan fingerprint density at radius 1 is 1.43 bits per heavy atom. The van der Waals surface area contributed by atoms with Crippen molar-refractivity contribution in [1.82, 2.24) is 0 Å². The molecule has 1 rings (SSSR count). The predicted octanol–water partition coefficient (Wildman–Crippen LogP) is 3.14. The highest BCUT2D eigenvalue weighted by Gasteiger charge is 2.04. The minimum Gasteiger partial charge on any atom is -0.486 e. The second-order valence-corrected chi connectivity index (χ2v) is 3.01. The third kappa shape index (κ3) is 3.00. The normalized spacial score (nSPS) is 9.93. The lowest BCUT2D eigenvalue weighted by Gasteiger charge is -2.07. The first-order chi connectivity index (χ1) is 6.63. The Kier molecular flexibility index (Phi) is 3.89. The highest BCUT2D eigenvalue weighted by atomic mass is 35.5. The van der Waals surface area contributed by atoms with E-state index in [1.54, 1.807) is 0 Å². The van der Waals surface area contributed by atoms with Crippen molar-refractivity contribution in [3.05, 3.63) is 42.0 Å². The minimum atomic E-state index is -0.603. The van der Waals surface area contributed by atoms with E-state index in [1.165, 1.54) is 0 Å². The van der Waals surface area contributed by atoms with Gasteiger partial charge in [-0.2, -0.15) is 0 Å². The molecule has 4 heteroatoms. The zero-order valence-electron chi connectivity index (χ0n) is 7.40. The van der Waals surface area contributed by atoms with Crippen LogP contribution >= 0.6 is 11.6 Å². The Labute approximate surface area is 85.9 Å². The number of hydrogen-bond acceptors (Lipinski definition) is 1. The first-order valence-corrected chi connectivity index (χ1v) is 4.47. The molecule has 0 bridgehead atoms. The van der Waals surface area contributed by atoms with Gasteiger partial charge in [-0.15, -0.1) is 11.6 Å². The van der Waals surface area contributed by atoms with E-state index in [0.717, 1.165) is 18.2 Å². The Balaban J connectivity index is 2.66. The van der Waals surface area contributed by atoms with E-state index in [2.05, 4.69) is 6.58 Å². The molecule has 0 aliphatic rings. The number of ether oxygens (including phenoxy) is 1. The molecule has 0 radical (unpaired) electrons. The third-order valence-electron chi connectivity index (χ3n) is 1.51. The van der Waals surface area contributed by atoms with Gasteiger partial charge in [0.1, 0.15) is 12.4 Å². The van der Waals surface area contributed by atoms with E-state index in [-0.39, 0.29) is 18.2 Å². The fourth-order valence-electron chi connectivity index (χ4n) is 0.806. The van der Waals surface area contributed by atoms with Gasteiger partial charge < -0.3 is 4.74 Å². The van der Waals surface area contributed by atoms with Gasteiger partial charge in [0.25, 0.3) is 0 Å². The van der Waals surface area contributed by atoms with Crippen LogP contribution in [0.5, 0.6) is 5.75 Å². The topological polar surface area (TPSA) is 9.23 Å². The molecule has 14 heavy (non-hydrogen) atoms. The van der Waals surface area contributed by atoms with E-state index in [0.29, 0.717) is 5.57 Å². The molecule has 1 nitrogen and oxygen atoms in total. The van der Waals surface area contributed by atoms with Crippen molar-refractivity contribution in [2.24, 2.45) is 0 Å². The van der Waals surface area contributed by atoms with Gasteiger partial charge in [0.15, 0.2) is 11.6 Å². The second kappa shape index (κ2) is 4.96. The summed E-state index contributed by atoms with van der Waals surface area (Å²) in [6.45, 7) is 3.65. The van der Waals surface area contributed by atoms with Gasteiger partial charge in [-0.1, -0.05) is 6.58 Å². The van der Waals surface area contributed by atoms with E-state index in [4.69, 9.17) is 16.3 Å². The van der Waals surface area contributed by atoms with Crippen LogP contribution in [0.25, 0.3) is 0 Å². The average molecular weight is 219 g/mol. The Morgan fingerprint density at radius 2 is 2.14 bits per heavy atom. The first-order valence-electron chi connectivity index (χ1n) is 3.94. The lowest BCUT2D eigenvalue weighted by molar-refractivity contribution is 0.330. The molecule has 0 atom stereocenters. The summed E-state index contributed by atoms with van der Waals surface area (Å²) in [6.07, 6.45) is 0. The highest BCUT2D eigenvalue weighted by molar-refractivity contribution is 6.19. The molecular weight excluding hydrogens is 210 g/mol. The summed E-state index contributed by atoms with van der Waals surface area (Å²) in [6, 6.07) is 3.02. The van der Waals surface area contributed by atoms with Crippen LogP contribution in [-0.4, -0.2) is 12.5 Å². The molecule has 0 aromatic heterocycles. The lowest BCUT2D eigenvalue weighted by Crippen LogP contribution is -2.02. The molecule has 0 fully saturated rings. The van der Waals surface area contributed by atoms with Crippen LogP contribution in [0.3, 0.4) is 0 Å². The number of benzene rings is 1. The van der Waals surface area contributed by atoms with Gasteiger partial charge >= 0.3 is 0 Å². The fourth-order valence-corrected chi connectivity index (χ4v) is 0.883. The van der Waals surface area contributed by atoms with Crippen LogP contribution in [0.2, 0.25) is 0 Å². The van der Waals surface area contributed by atoms with Gasteiger partial charge in [0.05, 0.1) is 0 Å². The molecule has 0 amide bonds. The molecule has 0 aliphatic heterocycles. The van der Waals surface area contributed by atoms with Crippen molar-refractivity contribution >= 4 is 11.6 Å². The SMILES string of the molecule is C=C(CCl)COc1cc(F)ccc1F. The summed E-state index contributed by atoms with van der Waals surface area (Å²) in [7, 11) is 0. The predicted molar refractivity (Wildman–Crippen MR) is 51.7 cm³/mol. The van der Waals surface area contributed by atoms with Crippen LogP contribution in [0.15, 0.2) is 30.4 Å². The van der Waals surface area contributed by atoms with E-state index < -0.39 is 11.6 Å². The maximum Gasteiger partial charge on any atom is 0.165 e. The van der Waals surface area contributed by atoms with Crippen molar-refractivity contribution in [2.45, 2.75) is 0 Å². The van der Waals surface area contributed by atoms with Crippen molar-refractivity contribution in [3.8, 4) is 5.75 Å². The van der Waals surface area contributed by atoms with Gasteiger partial charge in [0.2, 0.25) is 0 Å². The van der Waals surface area contributed by atoms with Gasteiger partial charge in [-0.05, 0) is 17.7 Å². The van der Waals surface area contributed by atoms with Gasteiger partial charge in [-0.25, -0.2) is 8.78 Å². The third-order valence-corrected chi connectivity index (χ3v) is 1.89. The van der Waals surface area contributed by atoms with Crippen molar-refractivity contribution < 1.29 is 13.5 Å². The molecule has 0 saturated heterocycles. The number of rotatable bonds is 4. The summed E-state index contributed by atoms with van der Waals surface area (Å²) in [5.74, 6) is -1.04. The lowest BCUT2D eigenvalue weighted by atomic mass is 10.3. The summed E-state index contributed by atoms with van der Waals surface area (Å²) in [4.78, 5) is 0. The largest absolute Gasteiger partial charge is 0.486 e. The summed E-state index contributed by atoms with van der Waals surface area (Å²) >= 11 is 5.44. The Bertz CT molecular complexity index is 339. The monoisotopic (exact) mass is 218 g/mol. The Morgan fingerprint density at radius 3 is 2.79 bits per heavy atom. The van der Waals surface area contributed by atoms with Crippen molar-refractivity contribution in [3.63, 3.8) is 0 Å². The van der Waals surface area contributed by atoms with Crippen molar-refractivity contribution in [1.29, 1.82) is 0 Å². The highest BCUT2D eigenvalue weighted by Crippen LogP contribution is 2.18. The maximum absolute atomic E-state index is 13.0. The maximum atomic E-state index is 13.0. The first kappa shape index (κ1) is 11.0. The molecule has 0 heterocycles. The quantitative estimate of drug-likeness (QED) is 0.557. The van der Waals surface area contributed by atoms with Crippen LogP contribution < -0.4 is 4.74 Å². The molecule has 0 unspecified atom stereocenters. The summed E-state index contributed by atoms with van der Waals surface area (Å²) in [5, 5.41) is 0. The zero-order chi connectivity index (χ0) is 10.6. The number of hydrogen-bond donors (Lipinski definition) is 0. The minimum absolute atomic E-state index is 0.0872. The molecule has 0 N–H and O–H groups in total. The van der Waals surface area contributed by atoms with E-state index >= 15 is 0 Å². The molecule has 76 valence electrons. The number of halogens is 3. The van der Waals surface area contributed by atoms with Crippen LogP contribution in [0, 0.1) is 11.6 Å². The molecular formula is C10H9ClF2O. The molecule has 1 aromatic carbocycles. The van der Waals surface area contributed by atoms with E-state index in [1.807, 2.05) is 0 Å². The number of alkyl halides is 1. The van der Waals surface area contributed by atoms with E-state index in [9.17, 15) is 8.78 Å². The average Bonchev–Trinajstić information content (AvgIpc) is 2.19. The fraction of sp³-hybridized carbons (Fsp3) is 0.200.